The Hall–Kier alpha value is -1.60. The van der Waals surface area contributed by atoms with Gasteiger partial charge in [0.1, 0.15) is 10.6 Å². The molecule has 0 saturated carbocycles. The van der Waals surface area contributed by atoms with Gasteiger partial charge in [0, 0.05) is 13.6 Å². The van der Waals surface area contributed by atoms with E-state index in [-0.39, 0.29) is 30.2 Å². The van der Waals surface area contributed by atoms with E-state index in [0.717, 1.165) is 4.31 Å². The summed E-state index contributed by atoms with van der Waals surface area (Å²) in [6.45, 7) is 2.04. The molecule has 0 amide bonds. The summed E-state index contributed by atoms with van der Waals surface area (Å²) in [7, 11) is -0.864. The van der Waals surface area contributed by atoms with Crippen molar-refractivity contribution in [3.63, 3.8) is 0 Å². The van der Waals surface area contributed by atoms with E-state index in [1.807, 2.05) is 0 Å². The molecule has 0 spiro atoms. The minimum atomic E-state index is -3.69. The van der Waals surface area contributed by atoms with Crippen molar-refractivity contribution in [1.29, 1.82) is 0 Å². The van der Waals surface area contributed by atoms with Gasteiger partial charge >= 0.3 is 5.97 Å². The first kappa shape index (κ1) is 16.5. The van der Waals surface area contributed by atoms with Gasteiger partial charge in [-0.05, 0) is 19.1 Å². The number of carbonyl (C=O) groups excluding carboxylic acids is 1. The van der Waals surface area contributed by atoms with E-state index < -0.39 is 16.0 Å². The van der Waals surface area contributed by atoms with Crippen LogP contribution in [0.3, 0.4) is 0 Å². The zero-order chi connectivity index (χ0) is 15.2. The highest BCUT2D eigenvalue weighted by atomic mass is 32.2. The summed E-state index contributed by atoms with van der Waals surface area (Å²) in [5.74, 6) is -0.148. The summed E-state index contributed by atoms with van der Waals surface area (Å²) in [6, 6.07) is 6.35. The Morgan fingerprint density at radius 1 is 1.30 bits per heavy atom. The molecule has 0 atom stereocenters. The van der Waals surface area contributed by atoms with Crippen LogP contribution in [-0.2, 0) is 19.6 Å². The van der Waals surface area contributed by atoms with Crippen molar-refractivity contribution in [2.75, 3.05) is 27.3 Å². The summed E-state index contributed by atoms with van der Waals surface area (Å²) in [5, 5.41) is 0. The second-order valence-corrected chi connectivity index (χ2v) is 6.05. The predicted molar refractivity (Wildman–Crippen MR) is 74.1 cm³/mol. The van der Waals surface area contributed by atoms with E-state index in [1.54, 1.807) is 25.1 Å². The van der Waals surface area contributed by atoms with E-state index in [4.69, 9.17) is 9.47 Å². The van der Waals surface area contributed by atoms with Gasteiger partial charge in [0.2, 0.25) is 10.0 Å². The molecule has 0 radical (unpaired) electrons. The maximum Gasteiger partial charge on any atom is 0.307 e. The summed E-state index contributed by atoms with van der Waals surface area (Å²) < 4.78 is 35.7. The number of sulfonamides is 1. The van der Waals surface area contributed by atoms with Crippen molar-refractivity contribution in [1.82, 2.24) is 4.31 Å². The minimum Gasteiger partial charge on any atom is -0.495 e. The van der Waals surface area contributed by atoms with Gasteiger partial charge < -0.3 is 9.47 Å². The van der Waals surface area contributed by atoms with Crippen LogP contribution in [0.15, 0.2) is 29.2 Å². The van der Waals surface area contributed by atoms with Crippen molar-refractivity contribution in [3.8, 4) is 5.75 Å². The quantitative estimate of drug-likeness (QED) is 0.709. The molecule has 7 heteroatoms. The Morgan fingerprint density at radius 3 is 2.55 bits per heavy atom. The number of ether oxygens (including phenoxy) is 2. The number of esters is 1. The molecule has 1 aromatic rings. The molecule has 112 valence electrons. The topological polar surface area (TPSA) is 72.9 Å². The Morgan fingerprint density at radius 2 is 1.95 bits per heavy atom. The van der Waals surface area contributed by atoms with Crippen LogP contribution in [0, 0.1) is 0 Å². The van der Waals surface area contributed by atoms with E-state index in [0.29, 0.717) is 0 Å². The van der Waals surface area contributed by atoms with Gasteiger partial charge in [-0.1, -0.05) is 12.1 Å². The normalized spacial score (nSPS) is 11.4. The monoisotopic (exact) mass is 301 g/mol. The third-order valence-electron chi connectivity index (χ3n) is 2.69. The molecule has 0 aliphatic carbocycles. The highest BCUT2D eigenvalue weighted by Crippen LogP contribution is 2.25. The van der Waals surface area contributed by atoms with Crippen LogP contribution in [0.1, 0.15) is 13.3 Å². The Labute approximate surface area is 119 Å². The van der Waals surface area contributed by atoms with Crippen molar-refractivity contribution >= 4 is 16.0 Å². The molecule has 0 fully saturated rings. The Balaban J connectivity index is 2.85. The maximum absolute atomic E-state index is 12.4. The fourth-order valence-corrected chi connectivity index (χ4v) is 2.93. The Kier molecular flexibility index (Phi) is 5.97. The maximum atomic E-state index is 12.4. The fourth-order valence-electron chi connectivity index (χ4n) is 1.60. The first-order valence-electron chi connectivity index (χ1n) is 6.18. The highest BCUT2D eigenvalue weighted by molar-refractivity contribution is 7.89. The Bertz CT molecular complexity index is 556. The van der Waals surface area contributed by atoms with Crippen LogP contribution < -0.4 is 4.74 Å². The molecule has 0 aromatic heterocycles. The van der Waals surface area contributed by atoms with E-state index >= 15 is 0 Å². The lowest BCUT2D eigenvalue weighted by molar-refractivity contribution is -0.143. The molecule has 0 aliphatic heterocycles. The van der Waals surface area contributed by atoms with Gasteiger partial charge in [-0.25, -0.2) is 12.7 Å². The molecule has 0 bridgehead atoms. The highest BCUT2D eigenvalue weighted by Gasteiger charge is 2.24. The number of benzene rings is 1. The largest absolute Gasteiger partial charge is 0.495 e. The van der Waals surface area contributed by atoms with Crippen LogP contribution in [0.4, 0.5) is 0 Å². The van der Waals surface area contributed by atoms with Crippen LogP contribution in [0.2, 0.25) is 0 Å². The zero-order valence-electron chi connectivity index (χ0n) is 11.8. The third-order valence-corrected chi connectivity index (χ3v) is 4.59. The van der Waals surface area contributed by atoms with Gasteiger partial charge in [-0.2, -0.15) is 0 Å². The second kappa shape index (κ2) is 7.25. The molecule has 1 aromatic carbocycles. The standard InChI is InChI=1S/C13H19NO5S/c1-4-19-13(15)9-10-14(2)20(16,17)12-8-6-5-7-11(12)18-3/h5-8H,4,9-10H2,1-3H3. The molecule has 0 unspecified atom stereocenters. The molecular weight excluding hydrogens is 282 g/mol. The molecule has 1 rings (SSSR count). The van der Waals surface area contributed by atoms with Crippen molar-refractivity contribution in [2.24, 2.45) is 0 Å². The smallest absolute Gasteiger partial charge is 0.307 e. The molecule has 0 saturated heterocycles. The van der Waals surface area contributed by atoms with Gasteiger partial charge in [-0.3, -0.25) is 4.79 Å². The summed E-state index contributed by atoms with van der Waals surface area (Å²) in [4.78, 5) is 11.3. The van der Waals surface area contributed by atoms with Crippen LogP contribution >= 0.6 is 0 Å². The first-order chi connectivity index (χ1) is 9.43. The zero-order valence-corrected chi connectivity index (χ0v) is 12.6. The number of rotatable bonds is 7. The first-order valence-corrected chi connectivity index (χ1v) is 7.62. The van der Waals surface area contributed by atoms with Crippen LogP contribution in [-0.4, -0.2) is 46.0 Å². The van der Waals surface area contributed by atoms with E-state index in [9.17, 15) is 13.2 Å². The number of hydrogen-bond acceptors (Lipinski definition) is 5. The second-order valence-electron chi connectivity index (χ2n) is 4.03. The van der Waals surface area contributed by atoms with Gasteiger partial charge in [0.25, 0.3) is 0 Å². The van der Waals surface area contributed by atoms with Crippen molar-refractivity contribution < 1.29 is 22.7 Å². The number of hydrogen-bond donors (Lipinski definition) is 0. The van der Waals surface area contributed by atoms with Gasteiger partial charge in [0.15, 0.2) is 0 Å². The van der Waals surface area contributed by atoms with Crippen LogP contribution in [0.25, 0.3) is 0 Å². The van der Waals surface area contributed by atoms with Crippen LogP contribution in [0.5, 0.6) is 5.75 Å². The van der Waals surface area contributed by atoms with E-state index in [2.05, 4.69) is 0 Å². The molecule has 6 nitrogen and oxygen atoms in total. The lowest BCUT2D eigenvalue weighted by Gasteiger charge is -2.18. The average Bonchev–Trinajstić information content (AvgIpc) is 2.44. The fraction of sp³-hybridized carbons (Fsp3) is 0.462. The lowest BCUT2D eigenvalue weighted by Crippen LogP contribution is -2.29. The SMILES string of the molecule is CCOC(=O)CCN(C)S(=O)(=O)c1ccccc1OC. The minimum absolute atomic E-state index is 0.0126. The van der Waals surface area contributed by atoms with Crippen molar-refractivity contribution in [3.05, 3.63) is 24.3 Å². The molecule has 0 heterocycles. The summed E-state index contributed by atoms with van der Waals surface area (Å²) >= 11 is 0. The predicted octanol–water partition coefficient (Wildman–Crippen LogP) is 1.27. The number of methoxy groups -OCH3 is 1. The van der Waals surface area contributed by atoms with Crippen molar-refractivity contribution in [2.45, 2.75) is 18.2 Å². The third kappa shape index (κ3) is 3.94. The molecule has 0 N–H and O–H groups in total. The molecule has 20 heavy (non-hydrogen) atoms. The summed E-state index contributed by atoms with van der Waals surface area (Å²) in [6.07, 6.45) is 0.0126. The number of carbonyl (C=O) groups is 1. The summed E-state index contributed by atoms with van der Waals surface area (Å²) in [5.41, 5.74) is 0. The lowest BCUT2D eigenvalue weighted by atomic mass is 10.3. The molecular formula is C13H19NO5S. The van der Waals surface area contributed by atoms with Gasteiger partial charge in [-0.15, -0.1) is 0 Å². The van der Waals surface area contributed by atoms with E-state index in [1.165, 1.54) is 20.2 Å². The number of nitrogens with zero attached hydrogens (tertiary/aromatic N) is 1. The molecule has 0 aliphatic rings. The average molecular weight is 301 g/mol. The van der Waals surface area contributed by atoms with Gasteiger partial charge in [0.05, 0.1) is 20.1 Å². The number of para-hydroxylation sites is 1.